The van der Waals surface area contributed by atoms with Gasteiger partial charge in [-0.15, -0.1) is 0 Å². The number of amides is 2. The predicted octanol–water partition coefficient (Wildman–Crippen LogP) is 2.57. The lowest BCUT2D eigenvalue weighted by molar-refractivity contribution is -0.141. The standard InChI is InChI=1S/C14H16Cl2N2O3/c1-18(14(20)12-3-2-6-21-12)8-13(19)17-9-4-5-10(15)11(16)7-9/h4-5,7,12H,2-3,6,8H2,1H3,(H,17,19)/t12-/m1/s1. The average Bonchev–Trinajstić information content (AvgIpc) is 2.96. The molecule has 1 atom stereocenters. The van der Waals surface area contributed by atoms with Gasteiger partial charge in [0, 0.05) is 19.3 Å². The number of carbonyl (C=O) groups is 2. The Kier molecular flexibility index (Phi) is 5.45. The number of anilines is 1. The zero-order chi connectivity index (χ0) is 15.4. The number of carbonyl (C=O) groups excluding carboxylic acids is 2. The second-order valence-corrected chi connectivity index (χ2v) is 5.69. The van der Waals surface area contributed by atoms with E-state index in [0.717, 1.165) is 6.42 Å². The third-order valence-corrected chi connectivity index (χ3v) is 3.90. The van der Waals surface area contributed by atoms with Crippen LogP contribution < -0.4 is 5.32 Å². The molecule has 1 aromatic rings. The Morgan fingerprint density at radius 1 is 1.38 bits per heavy atom. The van der Waals surface area contributed by atoms with Crippen LogP contribution in [0.15, 0.2) is 18.2 Å². The number of benzene rings is 1. The molecular weight excluding hydrogens is 315 g/mol. The monoisotopic (exact) mass is 330 g/mol. The van der Waals surface area contributed by atoms with Gasteiger partial charge in [-0.3, -0.25) is 9.59 Å². The van der Waals surface area contributed by atoms with Crippen LogP contribution in [0.1, 0.15) is 12.8 Å². The van der Waals surface area contributed by atoms with Crippen LogP contribution in [0.5, 0.6) is 0 Å². The van der Waals surface area contributed by atoms with E-state index in [9.17, 15) is 9.59 Å². The lowest BCUT2D eigenvalue weighted by Crippen LogP contribution is -2.40. The summed E-state index contributed by atoms with van der Waals surface area (Å²) < 4.78 is 5.31. The largest absolute Gasteiger partial charge is 0.368 e. The molecule has 1 aliphatic heterocycles. The summed E-state index contributed by atoms with van der Waals surface area (Å²) in [6.07, 6.45) is 1.16. The van der Waals surface area contributed by atoms with E-state index in [0.29, 0.717) is 28.8 Å². The molecule has 7 heteroatoms. The molecule has 114 valence electrons. The zero-order valence-corrected chi connectivity index (χ0v) is 13.1. The van der Waals surface area contributed by atoms with Gasteiger partial charge in [-0.2, -0.15) is 0 Å². The zero-order valence-electron chi connectivity index (χ0n) is 11.6. The van der Waals surface area contributed by atoms with Crippen LogP contribution in [0, 0.1) is 0 Å². The SMILES string of the molecule is CN(CC(=O)Nc1ccc(Cl)c(Cl)c1)C(=O)[C@H]1CCCO1. The summed E-state index contributed by atoms with van der Waals surface area (Å²) in [4.78, 5) is 25.3. The first-order chi connectivity index (χ1) is 9.97. The fraction of sp³-hybridized carbons (Fsp3) is 0.429. The summed E-state index contributed by atoms with van der Waals surface area (Å²) in [5, 5.41) is 3.45. The van der Waals surface area contributed by atoms with E-state index in [1.807, 2.05) is 0 Å². The number of halogens is 2. The maximum atomic E-state index is 12.0. The van der Waals surface area contributed by atoms with Crippen molar-refractivity contribution in [2.75, 3.05) is 25.5 Å². The minimum absolute atomic E-state index is 0.0427. The van der Waals surface area contributed by atoms with Gasteiger partial charge >= 0.3 is 0 Å². The van der Waals surface area contributed by atoms with Crippen molar-refractivity contribution in [2.24, 2.45) is 0 Å². The summed E-state index contributed by atoms with van der Waals surface area (Å²) in [6, 6.07) is 4.80. The number of hydrogen-bond acceptors (Lipinski definition) is 3. The van der Waals surface area contributed by atoms with E-state index < -0.39 is 6.10 Å². The van der Waals surface area contributed by atoms with E-state index in [1.165, 1.54) is 4.90 Å². The van der Waals surface area contributed by atoms with Crippen LogP contribution in [0.25, 0.3) is 0 Å². The minimum Gasteiger partial charge on any atom is -0.368 e. The maximum Gasteiger partial charge on any atom is 0.251 e. The van der Waals surface area contributed by atoms with Crippen molar-refractivity contribution in [3.63, 3.8) is 0 Å². The quantitative estimate of drug-likeness (QED) is 0.922. The molecular formula is C14H16Cl2N2O3. The Bertz CT molecular complexity index is 545. The molecule has 0 radical (unpaired) electrons. The second kappa shape index (κ2) is 7.11. The number of nitrogens with one attached hydrogen (secondary N) is 1. The van der Waals surface area contributed by atoms with Gasteiger partial charge in [0.1, 0.15) is 6.10 Å². The number of hydrogen-bond donors (Lipinski definition) is 1. The van der Waals surface area contributed by atoms with Crippen molar-refractivity contribution < 1.29 is 14.3 Å². The predicted molar refractivity (Wildman–Crippen MR) is 81.7 cm³/mol. The summed E-state index contributed by atoms with van der Waals surface area (Å²) in [5.41, 5.74) is 0.535. The van der Waals surface area contributed by atoms with Crippen molar-refractivity contribution in [1.29, 1.82) is 0 Å². The van der Waals surface area contributed by atoms with Crippen LogP contribution >= 0.6 is 23.2 Å². The highest BCUT2D eigenvalue weighted by atomic mass is 35.5. The topological polar surface area (TPSA) is 58.6 Å². The highest BCUT2D eigenvalue weighted by Gasteiger charge is 2.27. The Labute approximate surface area is 133 Å². The average molecular weight is 331 g/mol. The molecule has 0 saturated carbocycles. The lowest BCUT2D eigenvalue weighted by atomic mass is 10.2. The number of rotatable bonds is 4. The molecule has 1 aliphatic rings. The van der Waals surface area contributed by atoms with Gasteiger partial charge in [0.15, 0.2) is 0 Å². The Hall–Kier alpha value is -1.30. The first kappa shape index (κ1) is 16.1. The van der Waals surface area contributed by atoms with E-state index in [-0.39, 0.29) is 18.4 Å². The first-order valence-electron chi connectivity index (χ1n) is 6.59. The maximum absolute atomic E-state index is 12.0. The molecule has 1 aromatic carbocycles. The molecule has 1 heterocycles. The van der Waals surface area contributed by atoms with Gasteiger partial charge in [0.2, 0.25) is 5.91 Å². The van der Waals surface area contributed by atoms with Crippen molar-refractivity contribution in [1.82, 2.24) is 4.90 Å². The summed E-state index contributed by atoms with van der Waals surface area (Å²) in [7, 11) is 1.58. The van der Waals surface area contributed by atoms with Crippen molar-refractivity contribution >= 4 is 40.7 Å². The molecule has 1 N–H and O–H groups in total. The lowest BCUT2D eigenvalue weighted by Gasteiger charge is -2.20. The van der Waals surface area contributed by atoms with Gasteiger partial charge in [0.25, 0.3) is 5.91 Å². The van der Waals surface area contributed by atoms with Crippen LogP contribution in [0.2, 0.25) is 10.0 Å². The normalized spacial score (nSPS) is 17.6. The Morgan fingerprint density at radius 2 is 2.14 bits per heavy atom. The van der Waals surface area contributed by atoms with Gasteiger partial charge in [0.05, 0.1) is 16.6 Å². The fourth-order valence-electron chi connectivity index (χ4n) is 2.09. The van der Waals surface area contributed by atoms with Gasteiger partial charge in [-0.1, -0.05) is 23.2 Å². The highest BCUT2D eigenvalue weighted by Crippen LogP contribution is 2.25. The number of ether oxygens (including phenoxy) is 1. The molecule has 0 bridgehead atoms. The summed E-state index contributed by atoms with van der Waals surface area (Å²) >= 11 is 11.7. The Morgan fingerprint density at radius 3 is 2.76 bits per heavy atom. The van der Waals surface area contributed by atoms with Crippen LogP contribution in [-0.4, -0.2) is 43.0 Å². The van der Waals surface area contributed by atoms with E-state index >= 15 is 0 Å². The smallest absolute Gasteiger partial charge is 0.251 e. The van der Waals surface area contributed by atoms with Crippen LogP contribution in [-0.2, 0) is 14.3 Å². The Balaban J connectivity index is 1.88. The van der Waals surface area contributed by atoms with Crippen LogP contribution in [0.4, 0.5) is 5.69 Å². The molecule has 0 unspecified atom stereocenters. The molecule has 2 rings (SSSR count). The van der Waals surface area contributed by atoms with E-state index in [1.54, 1.807) is 25.2 Å². The summed E-state index contributed by atoms with van der Waals surface area (Å²) in [6.45, 7) is 0.554. The number of likely N-dealkylation sites (N-methyl/N-ethyl adjacent to an activating group) is 1. The third-order valence-electron chi connectivity index (χ3n) is 3.17. The number of nitrogens with zero attached hydrogens (tertiary/aromatic N) is 1. The van der Waals surface area contributed by atoms with Gasteiger partial charge in [-0.25, -0.2) is 0 Å². The molecule has 0 aromatic heterocycles. The summed E-state index contributed by atoms with van der Waals surface area (Å²) in [5.74, 6) is -0.473. The van der Waals surface area contributed by atoms with Gasteiger partial charge < -0.3 is 15.0 Å². The van der Waals surface area contributed by atoms with Crippen molar-refractivity contribution in [2.45, 2.75) is 18.9 Å². The third kappa shape index (κ3) is 4.33. The molecule has 1 fully saturated rings. The van der Waals surface area contributed by atoms with Gasteiger partial charge in [-0.05, 0) is 31.0 Å². The van der Waals surface area contributed by atoms with E-state index in [4.69, 9.17) is 27.9 Å². The molecule has 5 nitrogen and oxygen atoms in total. The molecule has 0 aliphatic carbocycles. The molecule has 1 saturated heterocycles. The van der Waals surface area contributed by atoms with Crippen LogP contribution in [0.3, 0.4) is 0 Å². The van der Waals surface area contributed by atoms with E-state index in [2.05, 4.69) is 5.32 Å². The molecule has 0 spiro atoms. The van der Waals surface area contributed by atoms with Crippen molar-refractivity contribution in [3.05, 3.63) is 28.2 Å². The first-order valence-corrected chi connectivity index (χ1v) is 7.34. The highest BCUT2D eigenvalue weighted by molar-refractivity contribution is 6.42. The fourth-order valence-corrected chi connectivity index (χ4v) is 2.38. The second-order valence-electron chi connectivity index (χ2n) is 4.87. The van der Waals surface area contributed by atoms with Crippen molar-refractivity contribution in [3.8, 4) is 0 Å². The molecule has 21 heavy (non-hydrogen) atoms. The minimum atomic E-state index is -0.423. The molecule has 2 amide bonds.